The van der Waals surface area contributed by atoms with Gasteiger partial charge < -0.3 is 29.9 Å². The number of carbonyl (C=O) groups excluding carboxylic acids is 1. The second-order valence-electron chi connectivity index (χ2n) is 10.5. The molecular weight excluding hydrogens is 565 g/mol. The number of anilines is 4. The molecule has 1 amide bonds. The highest BCUT2D eigenvalue weighted by atomic mass is 19.4. The number of nitrogens with one attached hydrogen (secondary N) is 2. The van der Waals surface area contributed by atoms with Crippen LogP contribution in [0.3, 0.4) is 0 Å². The lowest BCUT2D eigenvalue weighted by Crippen LogP contribution is -2.29. The molecule has 0 bridgehead atoms. The van der Waals surface area contributed by atoms with Gasteiger partial charge in [0.2, 0.25) is 12.4 Å². The molecule has 2 aromatic carbocycles. The molecule has 228 valence electrons. The molecule has 0 unspecified atom stereocenters. The molecule has 1 saturated carbocycles. The van der Waals surface area contributed by atoms with Gasteiger partial charge in [0.25, 0.3) is 0 Å². The van der Waals surface area contributed by atoms with Crippen LogP contribution < -0.4 is 25.0 Å². The topological polar surface area (TPSA) is 110 Å². The minimum atomic E-state index is -4.73. The van der Waals surface area contributed by atoms with Crippen LogP contribution in [0.5, 0.6) is 11.5 Å². The van der Waals surface area contributed by atoms with Crippen molar-refractivity contribution in [1.82, 2.24) is 24.4 Å². The SMILES string of the molecule is COc1ccc2c(c1)nc(C1CC1)n2-c1nc(Nc2cc(NC=O)c(N(C)CCN(C)C)cc2OC)ncc1C(F)(F)F. The van der Waals surface area contributed by atoms with Gasteiger partial charge in [0.15, 0.2) is 5.82 Å². The third-order valence-electron chi connectivity index (χ3n) is 7.19. The van der Waals surface area contributed by atoms with Crippen molar-refractivity contribution in [2.75, 3.05) is 64.0 Å². The van der Waals surface area contributed by atoms with E-state index >= 15 is 0 Å². The van der Waals surface area contributed by atoms with Crippen LogP contribution in [0.1, 0.15) is 30.1 Å². The first-order valence-electron chi connectivity index (χ1n) is 13.6. The number of fused-ring (bicyclic) bond motifs is 1. The summed E-state index contributed by atoms with van der Waals surface area (Å²) in [6, 6.07) is 8.40. The Bertz CT molecular complexity index is 1640. The molecule has 0 saturated heterocycles. The van der Waals surface area contributed by atoms with Crippen LogP contribution in [0, 0.1) is 0 Å². The highest BCUT2D eigenvalue weighted by Gasteiger charge is 2.39. The number of rotatable bonds is 12. The number of carbonyl (C=O) groups is 1. The zero-order chi connectivity index (χ0) is 30.9. The summed E-state index contributed by atoms with van der Waals surface area (Å²) in [5, 5.41) is 5.70. The van der Waals surface area contributed by atoms with Crippen LogP contribution in [-0.2, 0) is 11.0 Å². The number of aromatic nitrogens is 4. The largest absolute Gasteiger partial charge is 0.497 e. The minimum Gasteiger partial charge on any atom is -0.497 e. The summed E-state index contributed by atoms with van der Waals surface area (Å²) in [5.74, 6) is 1.00. The van der Waals surface area contributed by atoms with Crippen LogP contribution in [0.2, 0.25) is 0 Å². The zero-order valence-corrected chi connectivity index (χ0v) is 24.5. The standard InChI is InChI=1S/C29H33F3N8O3/c1-38(2)10-11-39(3)24-14-25(43-5)22(13-20(24)34-16-41)36-28-33-15-19(29(30,31)32)27(37-28)40-23-9-8-18(42-4)12-21(23)35-26(40)17-6-7-17/h8-9,12-17H,6-7,10-11H2,1-5H3,(H,34,41)(H,33,36,37). The van der Waals surface area contributed by atoms with Crippen molar-refractivity contribution >= 4 is 40.5 Å². The van der Waals surface area contributed by atoms with E-state index in [0.717, 1.165) is 25.6 Å². The Hall–Kier alpha value is -4.59. The molecule has 0 spiro atoms. The number of amides is 1. The Morgan fingerprint density at radius 3 is 2.44 bits per heavy atom. The normalized spacial score (nSPS) is 13.3. The van der Waals surface area contributed by atoms with E-state index < -0.39 is 11.7 Å². The molecule has 11 nitrogen and oxygen atoms in total. The molecule has 4 aromatic rings. The molecule has 5 rings (SSSR count). The molecule has 14 heteroatoms. The summed E-state index contributed by atoms with van der Waals surface area (Å²) in [7, 11) is 8.80. The molecule has 2 aromatic heterocycles. The molecule has 43 heavy (non-hydrogen) atoms. The number of imidazole rings is 1. The first kappa shape index (κ1) is 29.9. The average molecular weight is 599 g/mol. The maximum atomic E-state index is 14.3. The van der Waals surface area contributed by atoms with Crippen LogP contribution >= 0.6 is 0 Å². The highest BCUT2D eigenvalue weighted by molar-refractivity contribution is 5.87. The summed E-state index contributed by atoms with van der Waals surface area (Å²) in [6.45, 7) is 1.43. The third kappa shape index (κ3) is 6.28. The number of methoxy groups -OCH3 is 2. The average Bonchev–Trinajstić information content (AvgIpc) is 3.75. The first-order chi connectivity index (χ1) is 20.5. The fourth-order valence-corrected chi connectivity index (χ4v) is 4.77. The minimum absolute atomic E-state index is 0.0138. The van der Waals surface area contributed by atoms with E-state index in [9.17, 15) is 18.0 Å². The van der Waals surface area contributed by atoms with Crippen molar-refractivity contribution in [2.24, 2.45) is 0 Å². The number of nitrogens with zero attached hydrogens (tertiary/aromatic N) is 6. The van der Waals surface area contributed by atoms with Crippen LogP contribution in [0.4, 0.5) is 36.2 Å². The lowest BCUT2D eigenvalue weighted by atomic mass is 10.2. The van der Waals surface area contributed by atoms with E-state index in [2.05, 4.69) is 25.6 Å². The van der Waals surface area contributed by atoms with E-state index in [1.165, 1.54) is 18.8 Å². The van der Waals surface area contributed by atoms with Crippen molar-refractivity contribution in [3.8, 4) is 17.3 Å². The van der Waals surface area contributed by atoms with E-state index in [1.807, 2.05) is 30.9 Å². The number of likely N-dealkylation sites (N-methyl/N-ethyl adjacent to an activating group) is 2. The highest BCUT2D eigenvalue weighted by Crippen LogP contribution is 2.44. The zero-order valence-electron chi connectivity index (χ0n) is 24.5. The fraction of sp³-hybridized carbons (Fsp3) is 0.379. The Labute approximate surface area is 246 Å². The van der Waals surface area contributed by atoms with Crippen molar-refractivity contribution in [1.29, 1.82) is 0 Å². The predicted octanol–water partition coefficient (Wildman–Crippen LogP) is 5.04. The number of alkyl halides is 3. The number of ether oxygens (including phenoxy) is 2. The lowest BCUT2D eigenvalue weighted by Gasteiger charge is -2.25. The van der Waals surface area contributed by atoms with Crippen molar-refractivity contribution < 1.29 is 27.4 Å². The van der Waals surface area contributed by atoms with Gasteiger partial charge in [-0.1, -0.05) is 0 Å². The van der Waals surface area contributed by atoms with Gasteiger partial charge in [0.1, 0.15) is 22.9 Å². The van der Waals surface area contributed by atoms with Crippen molar-refractivity contribution in [3.63, 3.8) is 0 Å². The molecule has 0 atom stereocenters. The molecule has 0 radical (unpaired) electrons. The van der Waals surface area contributed by atoms with Gasteiger partial charge in [-0.15, -0.1) is 0 Å². The monoisotopic (exact) mass is 598 g/mol. The van der Waals surface area contributed by atoms with E-state index in [4.69, 9.17) is 9.47 Å². The predicted molar refractivity (Wildman–Crippen MR) is 158 cm³/mol. The molecule has 1 aliphatic carbocycles. The second kappa shape index (κ2) is 12.0. The number of hydrogen-bond acceptors (Lipinski definition) is 9. The Morgan fingerprint density at radius 2 is 1.81 bits per heavy atom. The van der Waals surface area contributed by atoms with Crippen LogP contribution in [0.25, 0.3) is 16.9 Å². The first-order valence-corrected chi connectivity index (χ1v) is 13.6. The molecule has 2 heterocycles. The van der Waals surface area contributed by atoms with Gasteiger partial charge in [0.05, 0.1) is 42.3 Å². The maximum absolute atomic E-state index is 14.3. The molecule has 1 aliphatic rings. The van der Waals surface area contributed by atoms with Gasteiger partial charge in [-0.2, -0.15) is 18.2 Å². The van der Waals surface area contributed by atoms with Gasteiger partial charge in [-0.25, -0.2) is 9.97 Å². The van der Waals surface area contributed by atoms with Gasteiger partial charge in [-0.3, -0.25) is 9.36 Å². The van der Waals surface area contributed by atoms with Gasteiger partial charge >= 0.3 is 6.18 Å². The van der Waals surface area contributed by atoms with Gasteiger partial charge in [0, 0.05) is 44.4 Å². The molecule has 1 fully saturated rings. The molecular formula is C29H33F3N8O3. The van der Waals surface area contributed by atoms with Crippen LogP contribution in [-0.4, -0.2) is 79.3 Å². The second-order valence-corrected chi connectivity index (χ2v) is 10.5. The fourth-order valence-electron chi connectivity index (χ4n) is 4.77. The van der Waals surface area contributed by atoms with Crippen molar-refractivity contribution in [2.45, 2.75) is 24.9 Å². The quantitative estimate of drug-likeness (QED) is 0.217. The summed E-state index contributed by atoms with van der Waals surface area (Å²) >= 11 is 0. The maximum Gasteiger partial charge on any atom is 0.421 e. The Balaban J connectivity index is 1.61. The van der Waals surface area contributed by atoms with E-state index in [0.29, 0.717) is 58.4 Å². The Kier molecular flexibility index (Phi) is 8.31. The summed E-state index contributed by atoms with van der Waals surface area (Å²) in [6.07, 6.45) is -1.78. The summed E-state index contributed by atoms with van der Waals surface area (Å²) in [4.78, 5) is 28.5. The summed E-state index contributed by atoms with van der Waals surface area (Å²) in [5.41, 5.74) is 1.49. The lowest BCUT2D eigenvalue weighted by molar-refractivity contribution is -0.137. The molecule has 2 N–H and O–H groups in total. The molecule has 0 aliphatic heterocycles. The number of hydrogen-bond donors (Lipinski definition) is 2. The number of benzene rings is 2. The number of halogens is 3. The van der Waals surface area contributed by atoms with E-state index in [1.54, 1.807) is 30.3 Å². The smallest absolute Gasteiger partial charge is 0.421 e. The third-order valence-corrected chi connectivity index (χ3v) is 7.19. The van der Waals surface area contributed by atoms with Gasteiger partial charge in [-0.05, 0) is 45.1 Å². The van der Waals surface area contributed by atoms with E-state index in [-0.39, 0.29) is 17.7 Å². The van der Waals surface area contributed by atoms with Crippen LogP contribution in [0.15, 0.2) is 36.5 Å². The Morgan fingerprint density at radius 1 is 1.05 bits per heavy atom. The summed E-state index contributed by atoms with van der Waals surface area (Å²) < 4.78 is 55.4. The van der Waals surface area contributed by atoms with Crippen molar-refractivity contribution in [3.05, 3.63) is 47.9 Å².